The van der Waals surface area contributed by atoms with Gasteiger partial charge in [-0.3, -0.25) is 15.0 Å². The standard InChI is InChI=1S/C17H25N5O3/c1-10(2)12-8-15(24-20-12)18-14(23)9-22-7-5-6-13(22)16-19-17(11(3)4)25-21-16/h8,10-11,13H,5-7,9H2,1-4H3,(H,18,23)/t13-/m0/s1. The first kappa shape index (κ1) is 17.6. The van der Waals surface area contributed by atoms with Crippen LogP contribution in [0.15, 0.2) is 15.1 Å². The molecule has 0 aromatic carbocycles. The molecule has 0 saturated carbocycles. The van der Waals surface area contributed by atoms with Crippen LogP contribution < -0.4 is 5.32 Å². The Labute approximate surface area is 146 Å². The van der Waals surface area contributed by atoms with E-state index in [9.17, 15) is 4.79 Å². The quantitative estimate of drug-likeness (QED) is 0.857. The van der Waals surface area contributed by atoms with Gasteiger partial charge in [0.05, 0.1) is 18.3 Å². The van der Waals surface area contributed by atoms with Crippen molar-refractivity contribution in [2.45, 2.75) is 58.4 Å². The Kier molecular flexibility index (Phi) is 5.17. The van der Waals surface area contributed by atoms with Crippen LogP contribution in [0.3, 0.4) is 0 Å². The highest BCUT2D eigenvalue weighted by atomic mass is 16.5. The fraction of sp³-hybridized carbons (Fsp3) is 0.647. The number of hydrogen-bond donors (Lipinski definition) is 1. The van der Waals surface area contributed by atoms with Gasteiger partial charge in [-0.15, -0.1) is 0 Å². The highest BCUT2D eigenvalue weighted by Gasteiger charge is 2.31. The molecule has 1 fully saturated rings. The van der Waals surface area contributed by atoms with E-state index in [0.717, 1.165) is 25.1 Å². The molecule has 8 nitrogen and oxygen atoms in total. The number of rotatable bonds is 6. The van der Waals surface area contributed by atoms with Gasteiger partial charge in [-0.05, 0) is 25.3 Å². The lowest BCUT2D eigenvalue weighted by atomic mass is 10.1. The molecule has 0 unspecified atom stereocenters. The average molecular weight is 347 g/mol. The summed E-state index contributed by atoms with van der Waals surface area (Å²) >= 11 is 0. The Morgan fingerprint density at radius 1 is 1.28 bits per heavy atom. The molecule has 1 amide bonds. The Hall–Kier alpha value is -2.22. The van der Waals surface area contributed by atoms with Gasteiger partial charge in [0, 0.05) is 12.0 Å². The van der Waals surface area contributed by atoms with Crippen LogP contribution in [0.25, 0.3) is 0 Å². The van der Waals surface area contributed by atoms with E-state index in [1.54, 1.807) is 6.07 Å². The van der Waals surface area contributed by atoms with Crippen molar-refractivity contribution in [2.75, 3.05) is 18.4 Å². The van der Waals surface area contributed by atoms with E-state index < -0.39 is 0 Å². The molecule has 0 aliphatic carbocycles. The Balaban J connectivity index is 1.61. The van der Waals surface area contributed by atoms with E-state index >= 15 is 0 Å². The first-order valence-electron chi connectivity index (χ1n) is 8.78. The Morgan fingerprint density at radius 3 is 2.72 bits per heavy atom. The molecule has 3 rings (SSSR count). The molecule has 1 atom stereocenters. The Bertz CT molecular complexity index is 721. The van der Waals surface area contributed by atoms with Crippen LogP contribution in [0.5, 0.6) is 0 Å². The van der Waals surface area contributed by atoms with Gasteiger partial charge < -0.3 is 9.05 Å². The van der Waals surface area contributed by atoms with Crippen molar-refractivity contribution in [3.05, 3.63) is 23.5 Å². The lowest BCUT2D eigenvalue weighted by molar-refractivity contribution is -0.117. The molecular formula is C17H25N5O3. The van der Waals surface area contributed by atoms with Crippen LogP contribution in [-0.2, 0) is 4.79 Å². The summed E-state index contributed by atoms with van der Waals surface area (Å²) in [5.74, 6) is 1.99. The number of hydrogen-bond acceptors (Lipinski definition) is 7. The van der Waals surface area contributed by atoms with Gasteiger partial charge in [0.1, 0.15) is 0 Å². The summed E-state index contributed by atoms with van der Waals surface area (Å²) in [4.78, 5) is 18.9. The molecule has 0 spiro atoms. The third-order valence-corrected chi connectivity index (χ3v) is 4.34. The van der Waals surface area contributed by atoms with E-state index in [1.807, 2.05) is 27.7 Å². The van der Waals surface area contributed by atoms with Gasteiger partial charge in [-0.2, -0.15) is 4.98 Å². The summed E-state index contributed by atoms with van der Waals surface area (Å²) in [5.41, 5.74) is 0.822. The average Bonchev–Trinajstić information content (AvgIpc) is 3.26. The van der Waals surface area contributed by atoms with Crippen molar-refractivity contribution >= 4 is 11.8 Å². The predicted octanol–water partition coefficient (Wildman–Crippen LogP) is 3.08. The van der Waals surface area contributed by atoms with Gasteiger partial charge in [-0.1, -0.05) is 38.0 Å². The van der Waals surface area contributed by atoms with Gasteiger partial charge >= 0.3 is 0 Å². The van der Waals surface area contributed by atoms with E-state index in [-0.39, 0.29) is 30.3 Å². The zero-order chi connectivity index (χ0) is 18.0. The number of nitrogens with one attached hydrogen (secondary N) is 1. The molecule has 136 valence electrons. The number of nitrogens with zero attached hydrogens (tertiary/aromatic N) is 4. The van der Waals surface area contributed by atoms with Gasteiger partial charge in [0.2, 0.25) is 17.7 Å². The second-order valence-corrected chi connectivity index (χ2v) is 7.09. The zero-order valence-electron chi connectivity index (χ0n) is 15.2. The Morgan fingerprint density at radius 2 is 2.08 bits per heavy atom. The highest BCUT2D eigenvalue weighted by Crippen LogP contribution is 2.30. The molecule has 25 heavy (non-hydrogen) atoms. The fourth-order valence-electron chi connectivity index (χ4n) is 2.91. The predicted molar refractivity (Wildman–Crippen MR) is 91.2 cm³/mol. The molecule has 1 saturated heterocycles. The largest absolute Gasteiger partial charge is 0.339 e. The van der Waals surface area contributed by atoms with Crippen molar-refractivity contribution in [3.8, 4) is 0 Å². The minimum absolute atomic E-state index is 0.0166. The zero-order valence-corrected chi connectivity index (χ0v) is 15.2. The maximum atomic E-state index is 12.3. The normalized spacial score (nSPS) is 18.4. The van der Waals surface area contributed by atoms with Gasteiger partial charge in [0.25, 0.3) is 0 Å². The van der Waals surface area contributed by atoms with E-state index in [0.29, 0.717) is 17.6 Å². The number of carbonyl (C=O) groups excluding carboxylic acids is 1. The third-order valence-electron chi connectivity index (χ3n) is 4.34. The maximum absolute atomic E-state index is 12.3. The van der Waals surface area contributed by atoms with E-state index in [4.69, 9.17) is 9.05 Å². The molecular weight excluding hydrogens is 322 g/mol. The first-order valence-corrected chi connectivity index (χ1v) is 8.78. The SMILES string of the molecule is CC(C)c1cc(NC(=O)CN2CCC[C@H]2c2noc(C(C)C)n2)on1. The molecule has 1 N–H and O–H groups in total. The number of amides is 1. The molecule has 8 heteroatoms. The molecule has 3 heterocycles. The monoisotopic (exact) mass is 347 g/mol. The van der Waals surface area contributed by atoms with Crippen molar-refractivity contribution in [1.82, 2.24) is 20.2 Å². The summed E-state index contributed by atoms with van der Waals surface area (Å²) in [6.07, 6.45) is 1.92. The number of carbonyl (C=O) groups is 1. The smallest absolute Gasteiger partial charge is 0.240 e. The fourth-order valence-corrected chi connectivity index (χ4v) is 2.91. The summed E-state index contributed by atoms with van der Waals surface area (Å²) in [6, 6.07) is 1.78. The van der Waals surface area contributed by atoms with Gasteiger partial charge in [-0.25, -0.2) is 0 Å². The van der Waals surface area contributed by atoms with Gasteiger partial charge in [0.15, 0.2) is 5.82 Å². The van der Waals surface area contributed by atoms with E-state index in [1.165, 1.54) is 0 Å². The molecule has 1 aliphatic rings. The number of likely N-dealkylation sites (tertiary alicyclic amines) is 1. The summed E-state index contributed by atoms with van der Waals surface area (Å²) < 4.78 is 10.5. The molecule has 1 aliphatic heterocycles. The lowest BCUT2D eigenvalue weighted by Gasteiger charge is -2.20. The van der Waals surface area contributed by atoms with Crippen molar-refractivity contribution in [2.24, 2.45) is 0 Å². The highest BCUT2D eigenvalue weighted by molar-refractivity contribution is 5.91. The van der Waals surface area contributed by atoms with Crippen LogP contribution in [0.2, 0.25) is 0 Å². The molecule has 2 aromatic heterocycles. The second kappa shape index (κ2) is 7.35. The van der Waals surface area contributed by atoms with E-state index in [2.05, 4.69) is 25.5 Å². The minimum Gasteiger partial charge on any atom is -0.339 e. The topological polar surface area (TPSA) is 97.3 Å². The van der Waals surface area contributed by atoms with Crippen LogP contribution in [0.4, 0.5) is 5.88 Å². The molecule has 0 radical (unpaired) electrons. The third kappa shape index (κ3) is 4.07. The van der Waals surface area contributed by atoms with Crippen molar-refractivity contribution in [3.63, 3.8) is 0 Å². The summed E-state index contributed by atoms with van der Waals surface area (Å²) in [7, 11) is 0. The van der Waals surface area contributed by atoms with Crippen LogP contribution in [-0.4, -0.2) is 39.2 Å². The number of anilines is 1. The van der Waals surface area contributed by atoms with Crippen LogP contribution in [0, 0.1) is 0 Å². The number of aromatic nitrogens is 3. The van der Waals surface area contributed by atoms with Crippen LogP contribution >= 0.6 is 0 Å². The maximum Gasteiger partial charge on any atom is 0.240 e. The second-order valence-electron chi connectivity index (χ2n) is 7.09. The van der Waals surface area contributed by atoms with Crippen molar-refractivity contribution in [1.29, 1.82) is 0 Å². The van der Waals surface area contributed by atoms with Crippen molar-refractivity contribution < 1.29 is 13.8 Å². The lowest BCUT2D eigenvalue weighted by Crippen LogP contribution is -2.33. The first-order chi connectivity index (χ1) is 11.9. The molecule has 0 bridgehead atoms. The minimum atomic E-state index is -0.133. The van der Waals surface area contributed by atoms with Crippen LogP contribution in [0.1, 0.15) is 75.8 Å². The summed E-state index contributed by atoms with van der Waals surface area (Å²) in [6.45, 7) is 9.16. The summed E-state index contributed by atoms with van der Waals surface area (Å²) in [5, 5.41) is 10.8. The molecule has 2 aromatic rings.